The van der Waals surface area contributed by atoms with Crippen LogP contribution < -0.4 is 5.32 Å². The van der Waals surface area contributed by atoms with E-state index in [-0.39, 0.29) is 11.3 Å². The van der Waals surface area contributed by atoms with Crippen molar-refractivity contribution in [2.75, 3.05) is 25.2 Å². The third-order valence-electron chi connectivity index (χ3n) is 5.87. The number of carbonyl (C=O) groups excluding carboxylic acids is 2. The molecule has 0 saturated carbocycles. The van der Waals surface area contributed by atoms with Crippen LogP contribution in [0, 0.1) is 12.7 Å². The second-order valence-corrected chi connectivity index (χ2v) is 11.7. The number of ketones is 1. The summed E-state index contributed by atoms with van der Waals surface area (Å²) in [6, 6.07) is 18.3. The van der Waals surface area contributed by atoms with Crippen LogP contribution in [-0.4, -0.2) is 49.2 Å². The lowest BCUT2D eigenvalue weighted by molar-refractivity contribution is 0.101. The second-order valence-electron chi connectivity index (χ2n) is 8.60. The minimum absolute atomic E-state index is 0.109. The van der Waals surface area contributed by atoms with Gasteiger partial charge in [0, 0.05) is 35.1 Å². The first-order valence-electron chi connectivity index (χ1n) is 11.2. The summed E-state index contributed by atoms with van der Waals surface area (Å²) in [7, 11) is -1.17. The van der Waals surface area contributed by atoms with Crippen molar-refractivity contribution in [3.63, 3.8) is 0 Å². The average molecular weight is 584 g/mol. The molecule has 0 bridgehead atoms. The predicted molar refractivity (Wildman–Crippen MR) is 146 cm³/mol. The van der Waals surface area contributed by atoms with Gasteiger partial charge in [-0.05, 0) is 48.9 Å². The number of nitrogens with zero attached hydrogens (tertiary/aromatic N) is 2. The van der Waals surface area contributed by atoms with Crippen LogP contribution in [-0.2, 0) is 10.0 Å². The Kier molecular flexibility index (Phi) is 7.54. The van der Waals surface area contributed by atoms with Crippen molar-refractivity contribution in [2.45, 2.75) is 6.92 Å². The molecule has 10 heteroatoms. The molecule has 1 amide bonds. The zero-order valence-electron chi connectivity index (χ0n) is 20.2. The molecule has 1 aromatic heterocycles. The van der Waals surface area contributed by atoms with Gasteiger partial charge in [0.15, 0.2) is 5.78 Å². The third-order valence-corrected chi connectivity index (χ3v) is 8.11. The molecule has 190 valence electrons. The molecule has 0 atom stereocenters. The second kappa shape index (κ2) is 10.5. The molecule has 3 aromatic carbocycles. The summed E-state index contributed by atoms with van der Waals surface area (Å²) in [6.07, 6.45) is 0. The SMILES string of the molecule is Cc1c(-c2ccccc2)nc2ccc(Br)cc2c1C(=O)Nc1ccc(C(=O)CS(=O)(=O)N(C)C)cc1F. The zero-order chi connectivity index (χ0) is 26.9. The van der Waals surface area contributed by atoms with Gasteiger partial charge >= 0.3 is 0 Å². The van der Waals surface area contributed by atoms with Crippen molar-refractivity contribution in [2.24, 2.45) is 0 Å². The fourth-order valence-electron chi connectivity index (χ4n) is 3.85. The quantitative estimate of drug-likeness (QED) is 0.292. The van der Waals surface area contributed by atoms with Crippen molar-refractivity contribution in [3.05, 3.63) is 93.7 Å². The van der Waals surface area contributed by atoms with E-state index in [1.807, 2.05) is 36.4 Å². The highest BCUT2D eigenvalue weighted by Gasteiger charge is 2.23. The van der Waals surface area contributed by atoms with Crippen molar-refractivity contribution in [1.82, 2.24) is 9.29 Å². The van der Waals surface area contributed by atoms with Gasteiger partial charge < -0.3 is 5.32 Å². The van der Waals surface area contributed by atoms with E-state index < -0.39 is 33.3 Å². The van der Waals surface area contributed by atoms with E-state index in [4.69, 9.17) is 4.98 Å². The molecule has 0 unspecified atom stereocenters. The minimum atomic E-state index is -3.80. The number of hydrogen-bond donors (Lipinski definition) is 1. The molecule has 0 fully saturated rings. The molecule has 4 aromatic rings. The number of sulfonamides is 1. The standard InChI is InChI=1S/C27H23BrFN3O4S/c1-16-25(20-14-19(28)10-12-22(20)30-26(16)17-7-5-4-6-8-17)27(34)31-23-11-9-18(13-21(23)29)24(33)15-37(35,36)32(2)3/h4-14H,15H2,1-3H3,(H,31,34). The van der Waals surface area contributed by atoms with Crippen molar-refractivity contribution < 1.29 is 22.4 Å². The van der Waals surface area contributed by atoms with E-state index in [9.17, 15) is 22.4 Å². The molecule has 1 heterocycles. The van der Waals surface area contributed by atoms with Crippen LogP contribution in [0.3, 0.4) is 0 Å². The summed E-state index contributed by atoms with van der Waals surface area (Å²) in [4.78, 5) is 30.7. The highest BCUT2D eigenvalue weighted by molar-refractivity contribution is 9.10. The number of Topliss-reactive ketones (excluding diaryl/α,β-unsaturated/α-hetero) is 1. The number of benzene rings is 3. The molecule has 0 radical (unpaired) electrons. The number of hydrogen-bond acceptors (Lipinski definition) is 5. The Morgan fingerprint density at radius 1 is 1.03 bits per heavy atom. The molecule has 1 N–H and O–H groups in total. The maximum absolute atomic E-state index is 15.0. The number of nitrogens with one attached hydrogen (secondary N) is 1. The van der Waals surface area contributed by atoms with Crippen LogP contribution in [0.1, 0.15) is 26.3 Å². The topological polar surface area (TPSA) is 96.4 Å². The number of amides is 1. The Hall–Kier alpha value is -3.47. The molecule has 37 heavy (non-hydrogen) atoms. The number of carbonyl (C=O) groups is 2. The van der Waals surface area contributed by atoms with Crippen molar-refractivity contribution in [3.8, 4) is 11.3 Å². The Morgan fingerprint density at radius 2 is 1.73 bits per heavy atom. The van der Waals surface area contributed by atoms with Gasteiger partial charge in [0.05, 0.1) is 22.5 Å². The Labute approximate surface area is 222 Å². The normalized spacial score (nSPS) is 11.6. The van der Waals surface area contributed by atoms with Gasteiger partial charge in [0.25, 0.3) is 5.91 Å². The number of fused-ring (bicyclic) bond motifs is 1. The number of pyridine rings is 1. The van der Waals surface area contributed by atoms with Gasteiger partial charge in [-0.3, -0.25) is 9.59 Å². The Bertz CT molecular complexity index is 1640. The summed E-state index contributed by atoms with van der Waals surface area (Å²) in [5.74, 6) is -2.95. The number of aromatic nitrogens is 1. The maximum atomic E-state index is 15.0. The van der Waals surface area contributed by atoms with Crippen LogP contribution >= 0.6 is 15.9 Å². The van der Waals surface area contributed by atoms with Gasteiger partial charge in [-0.2, -0.15) is 0 Å². The number of halogens is 2. The highest BCUT2D eigenvalue weighted by atomic mass is 79.9. The molecule has 0 saturated heterocycles. The summed E-state index contributed by atoms with van der Waals surface area (Å²) >= 11 is 3.44. The molecule has 0 aliphatic carbocycles. The summed E-state index contributed by atoms with van der Waals surface area (Å²) in [6.45, 7) is 1.79. The van der Waals surface area contributed by atoms with E-state index in [0.29, 0.717) is 27.7 Å². The first-order chi connectivity index (χ1) is 17.5. The minimum Gasteiger partial charge on any atom is -0.319 e. The first-order valence-corrected chi connectivity index (χ1v) is 13.6. The fraction of sp³-hybridized carbons (Fsp3) is 0.148. The zero-order valence-corrected chi connectivity index (χ0v) is 22.7. The van der Waals surface area contributed by atoms with Crippen LogP contribution in [0.2, 0.25) is 0 Å². The van der Waals surface area contributed by atoms with Crippen molar-refractivity contribution in [1.29, 1.82) is 0 Å². The van der Waals surface area contributed by atoms with Crippen LogP contribution in [0.4, 0.5) is 10.1 Å². The highest BCUT2D eigenvalue weighted by Crippen LogP contribution is 2.32. The van der Waals surface area contributed by atoms with E-state index >= 15 is 0 Å². The molecular formula is C27H23BrFN3O4S. The number of anilines is 1. The van der Waals surface area contributed by atoms with Crippen LogP contribution in [0.5, 0.6) is 0 Å². The van der Waals surface area contributed by atoms with Gasteiger partial charge in [-0.25, -0.2) is 22.1 Å². The smallest absolute Gasteiger partial charge is 0.256 e. The predicted octanol–water partition coefficient (Wildman–Crippen LogP) is 5.44. The molecule has 4 rings (SSSR count). The maximum Gasteiger partial charge on any atom is 0.256 e. The lowest BCUT2D eigenvalue weighted by Crippen LogP contribution is -2.29. The molecule has 0 aliphatic rings. The lowest BCUT2D eigenvalue weighted by Gasteiger charge is -2.16. The molecule has 0 aliphatic heterocycles. The first kappa shape index (κ1) is 26.6. The monoisotopic (exact) mass is 583 g/mol. The van der Waals surface area contributed by atoms with Gasteiger partial charge in [0.2, 0.25) is 10.0 Å². The Balaban J connectivity index is 1.71. The summed E-state index contributed by atoms with van der Waals surface area (Å²) in [5, 5.41) is 3.18. The van der Waals surface area contributed by atoms with E-state index in [1.54, 1.807) is 19.1 Å². The van der Waals surface area contributed by atoms with E-state index in [2.05, 4.69) is 21.2 Å². The van der Waals surface area contributed by atoms with Crippen LogP contribution in [0.15, 0.2) is 71.2 Å². The third kappa shape index (κ3) is 5.61. The Morgan fingerprint density at radius 3 is 2.38 bits per heavy atom. The average Bonchev–Trinajstić information content (AvgIpc) is 2.85. The van der Waals surface area contributed by atoms with E-state index in [0.717, 1.165) is 20.4 Å². The van der Waals surface area contributed by atoms with Crippen molar-refractivity contribution >= 4 is 54.2 Å². The summed E-state index contributed by atoms with van der Waals surface area (Å²) < 4.78 is 40.7. The van der Waals surface area contributed by atoms with Gasteiger partial charge in [-0.1, -0.05) is 46.3 Å². The van der Waals surface area contributed by atoms with E-state index in [1.165, 1.54) is 26.2 Å². The van der Waals surface area contributed by atoms with Crippen LogP contribution in [0.25, 0.3) is 22.2 Å². The molecular weight excluding hydrogens is 561 g/mol. The fourth-order valence-corrected chi connectivity index (χ4v) is 4.97. The van der Waals surface area contributed by atoms with Gasteiger partial charge in [-0.15, -0.1) is 0 Å². The summed E-state index contributed by atoms with van der Waals surface area (Å²) in [5.41, 5.74) is 2.77. The largest absolute Gasteiger partial charge is 0.319 e. The molecule has 0 spiro atoms. The number of rotatable bonds is 7. The molecule has 7 nitrogen and oxygen atoms in total. The van der Waals surface area contributed by atoms with Gasteiger partial charge in [0.1, 0.15) is 11.6 Å². The lowest BCUT2D eigenvalue weighted by atomic mass is 9.97.